The lowest BCUT2D eigenvalue weighted by atomic mass is 9.60. The van der Waals surface area contributed by atoms with Gasteiger partial charge in [0.15, 0.2) is 13.2 Å². The van der Waals surface area contributed by atoms with Gasteiger partial charge in [-0.25, -0.2) is 4.39 Å². The van der Waals surface area contributed by atoms with Crippen LogP contribution in [-0.2, 0) is 9.59 Å². The molecule has 8 nitrogen and oxygen atoms in total. The third-order valence-electron chi connectivity index (χ3n) is 6.88. The maximum absolute atomic E-state index is 13.6. The predicted octanol–water partition coefficient (Wildman–Crippen LogP) is 3.38. The molecule has 3 aliphatic rings. The Balaban J connectivity index is 1.25. The molecular weight excluding hydrogens is 491 g/mol. The average Bonchev–Trinajstić information content (AvgIpc) is 2.86. The molecule has 0 aromatic heterocycles. The van der Waals surface area contributed by atoms with Gasteiger partial charge in [-0.1, -0.05) is 11.6 Å². The van der Waals surface area contributed by atoms with Crippen molar-refractivity contribution in [2.75, 3.05) is 19.8 Å². The van der Waals surface area contributed by atoms with Gasteiger partial charge < -0.3 is 30.0 Å². The summed E-state index contributed by atoms with van der Waals surface area (Å²) in [7, 11) is 0. The van der Waals surface area contributed by atoms with E-state index in [-0.39, 0.29) is 35.8 Å². The minimum Gasteiger partial charge on any atom is -0.494 e. The van der Waals surface area contributed by atoms with E-state index >= 15 is 0 Å². The van der Waals surface area contributed by atoms with Gasteiger partial charge in [0.1, 0.15) is 23.1 Å². The smallest absolute Gasteiger partial charge is 0.258 e. The van der Waals surface area contributed by atoms with Crippen molar-refractivity contribution >= 4 is 23.4 Å². The van der Waals surface area contributed by atoms with Gasteiger partial charge in [-0.15, -0.1) is 0 Å². The Hall–Kier alpha value is -3.04. The number of halogens is 2. The van der Waals surface area contributed by atoms with Gasteiger partial charge in [-0.05, 0) is 75.4 Å². The summed E-state index contributed by atoms with van der Waals surface area (Å²) in [4.78, 5) is 25.1. The van der Waals surface area contributed by atoms with E-state index in [1.54, 1.807) is 24.3 Å². The van der Waals surface area contributed by atoms with E-state index in [9.17, 15) is 19.1 Å². The van der Waals surface area contributed by atoms with Crippen LogP contribution in [0.4, 0.5) is 4.39 Å². The number of rotatable bonds is 10. The van der Waals surface area contributed by atoms with Crippen LogP contribution in [0.3, 0.4) is 0 Å². The summed E-state index contributed by atoms with van der Waals surface area (Å²) in [5.74, 6) is 0.167. The first-order chi connectivity index (χ1) is 17.2. The SMILES string of the molecule is CCOc1ccc(OCC(=O)NC23CCC(NC(=O)COc4ccc(Cl)c(F)c4)(CC2)C[C@H]3O)cc1. The normalized spacial score (nSPS) is 24.6. The summed E-state index contributed by atoms with van der Waals surface area (Å²) in [5, 5.41) is 16.8. The molecule has 36 heavy (non-hydrogen) atoms. The Morgan fingerprint density at radius 1 is 0.944 bits per heavy atom. The number of benzene rings is 2. The fourth-order valence-electron chi connectivity index (χ4n) is 4.97. The van der Waals surface area contributed by atoms with E-state index in [1.807, 2.05) is 6.92 Å². The second-order valence-corrected chi connectivity index (χ2v) is 9.72. The second-order valence-electron chi connectivity index (χ2n) is 9.31. The van der Waals surface area contributed by atoms with Crippen LogP contribution in [-0.4, -0.2) is 53.9 Å². The number of aliphatic hydroxyl groups is 1. The fraction of sp³-hybridized carbons (Fsp3) is 0.462. The number of carbonyl (C=O) groups excluding carboxylic acids is 2. The molecule has 0 saturated heterocycles. The number of hydrogen-bond acceptors (Lipinski definition) is 6. The zero-order valence-electron chi connectivity index (χ0n) is 20.0. The van der Waals surface area contributed by atoms with E-state index in [0.29, 0.717) is 44.5 Å². The fourth-order valence-corrected chi connectivity index (χ4v) is 5.09. The Morgan fingerprint density at radius 2 is 1.50 bits per heavy atom. The molecule has 2 aromatic rings. The summed E-state index contributed by atoms with van der Waals surface area (Å²) < 4.78 is 29.9. The Morgan fingerprint density at radius 3 is 2.08 bits per heavy atom. The van der Waals surface area contributed by atoms with Crippen LogP contribution in [0.5, 0.6) is 17.2 Å². The van der Waals surface area contributed by atoms with E-state index in [0.717, 1.165) is 11.8 Å². The number of ether oxygens (including phenoxy) is 3. The van der Waals surface area contributed by atoms with Crippen molar-refractivity contribution in [3.8, 4) is 17.2 Å². The molecule has 3 saturated carbocycles. The van der Waals surface area contributed by atoms with Crippen LogP contribution < -0.4 is 24.8 Å². The molecule has 10 heteroatoms. The van der Waals surface area contributed by atoms with Crippen molar-refractivity contribution in [3.05, 3.63) is 53.3 Å². The van der Waals surface area contributed by atoms with Crippen LogP contribution in [0.15, 0.2) is 42.5 Å². The van der Waals surface area contributed by atoms with E-state index in [4.69, 9.17) is 25.8 Å². The highest BCUT2D eigenvalue weighted by atomic mass is 35.5. The molecule has 3 N–H and O–H groups in total. The van der Waals surface area contributed by atoms with Gasteiger partial charge in [0.25, 0.3) is 11.8 Å². The van der Waals surface area contributed by atoms with E-state index < -0.39 is 23.0 Å². The van der Waals surface area contributed by atoms with E-state index in [2.05, 4.69) is 10.6 Å². The van der Waals surface area contributed by atoms with Crippen LogP contribution in [0.1, 0.15) is 39.0 Å². The molecule has 0 unspecified atom stereocenters. The molecule has 2 bridgehead atoms. The highest BCUT2D eigenvalue weighted by Gasteiger charge is 2.55. The maximum atomic E-state index is 13.6. The van der Waals surface area contributed by atoms with Crippen molar-refractivity contribution in [1.29, 1.82) is 0 Å². The highest BCUT2D eigenvalue weighted by Crippen LogP contribution is 2.47. The van der Waals surface area contributed by atoms with Gasteiger partial charge in [-0.3, -0.25) is 9.59 Å². The molecule has 0 spiro atoms. The molecule has 2 amide bonds. The Kier molecular flexibility index (Phi) is 7.90. The standard InChI is InChI=1S/C26H30ClFN2O6/c1-2-34-17-3-5-18(6-4-17)35-16-24(33)30-26-11-9-25(10-12-26,14-22(26)31)29-23(32)15-36-19-7-8-20(27)21(28)13-19/h3-8,13,22,31H,2,9-12,14-16H2,1H3,(H,29,32)(H,30,33)/t22-,25?,26?/m1/s1. The number of aliphatic hydroxyl groups excluding tert-OH is 1. The molecule has 0 radical (unpaired) electrons. The van der Waals surface area contributed by atoms with Crippen molar-refractivity contribution in [2.45, 2.75) is 56.2 Å². The largest absolute Gasteiger partial charge is 0.494 e. The van der Waals surface area contributed by atoms with Gasteiger partial charge >= 0.3 is 0 Å². The second kappa shape index (κ2) is 10.9. The summed E-state index contributed by atoms with van der Waals surface area (Å²) in [6.07, 6.45) is 1.74. The van der Waals surface area contributed by atoms with Crippen molar-refractivity contribution < 1.29 is 33.3 Å². The van der Waals surface area contributed by atoms with Crippen molar-refractivity contribution in [2.24, 2.45) is 0 Å². The lowest BCUT2D eigenvalue weighted by Crippen LogP contribution is -2.70. The number of carbonyl (C=O) groups is 2. The molecule has 3 aliphatic carbocycles. The number of fused-ring (bicyclic) bond motifs is 3. The maximum Gasteiger partial charge on any atom is 0.258 e. The Labute approximate surface area is 214 Å². The minimum atomic E-state index is -0.819. The van der Waals surface area contributed by atoms with Crippen LogP contribution in [0.25, 0.3) is 0 Å². The van der Waals surface area contributed by atoms with Crippen LogP contribution in [0, 0.1) is 5.82 Å². The quantitative estimate of drug-likeness (QED) is 0.443. The molecular formula is C26H30ClFN2O6. The molecule has 0 aliphatic heterocycles. The molecule has 1 atom stereocenters. The summed E-state index contributed by atoms with van der Waals surface area (Å²) in [6, 6.07) is 11.0. The average molecular weight is 521 g/mol. The molecule has 194 valence electrons. The number of hydrogen-bond donors (Lipinski definition) is 3. The third-order valence-corrected chi connectivity index (χ3v) is 7.19. The Bertz CT molecular complexity index is 1090. The van der Waals surface area contributed by atoms with Gasteiger partial charge in [0, 0.05) is 11.6 Å². The van der Waals surface area contributed by atoms with Gasteiger partial charge in [0.05, 0.1) is 23.3 Å². The van der Waals surface area contributed by atoms with Crippen molar-refractivity contribution in [3.63, 3.8) is 0 Å². The zero-order valence-corrected chi connectivity index (χ0v) is 20.8. The topological polar surface area (TPSA) is 106 Å². The summed E-state index contributed by atoms with van der Waals surface area (Å²) >= 11 is 5.66. The molecule has 2 aromatic carbocycles. The van der Waals surface area contributed by atoms with Crippen molar-refractivity contribution in [1.82, 2.24) is 10.6 Å². The molecule has 0 heterocycles. The summed E-state index contributed by atoms with van der Waals surface area (Å²) in [6.45, 7) is 2.00. The van der Waals surface area contributed by atoms with Gasteiger partial charge in [-0.2, -0.15) is 0 Å². The first-order valence-electron chi connectivity index (χ1n) is 12.0. The van der Waals surface area contributed by atoms with Crippen LogP contribution >= 0.6 is 11.6 Å². The minimum absolute atomic E-state index is 0.0256. The molecule has 3 fully saturated rings. The van der Waals surface area contributed by atoms with Crippen LogP contribution in [0.2, 0.25) is 5.02 Å². The first kappa shape index (κ1) is 26.0. The predicted molar refractivity (Wildman–Crippen MR) is 131 cm³/mol. The monoisotopic (exact) mass is 520 g/mol. The van der Waals surface area contributed by atoms with E-state index in [1.165, 1.54) is 12.1 Å². The lowest BCUT2D eigenvalue weighted by Gasteiger charge is -2.56. The highest BCUT2D eigenvalue weighted by molar-refractivity contribution is 6.30. The van der Waals surface area contributed by atoms with Gasteiger partial charge in [0.2, 0.25) is 0 Å². The lowest BCUT2D eigenvalue weighted by molar-refractivity contribution is -0.137. The number of nitrogens with one attached hydrogen (secondary N) is 2. The summed E-state index contributed by atoms with van der Waals surface area (Å²) in [5.41, 5.74) is -1.32. The zero-order chi connectivity index (χ0) is 25.8. The number of amides is 2. The third kappa shape index (κ3) is 6.02. The molecule has 5 rings (SSSR count). The first-order valence-corrected chi connectivity index (χ1v) is 12.3.